The maximum atomic E-state index is 15.5. The van der Waals surface area contributed by atoms with Crippen LogP contribution in [-0.2, 0) is 20.9 Å². The van der Waals surface area contributed by atoms with E-state index in [1.165, 1.54) is 11.0 Å². The lowest BCUT2D eigenvalue weighted by atomic mass is 9.84. The number of halogens is 2. The van der Waals surface area contributed by atoms with Gasteiger partial charge in [-0.2, -0.15) is 0 Å². The van der Waals surface area contributed by atoms with Crippen molar-refractivity contribution in [2.45, 2.75) is 57.7 Å². The second-order valence-electron chi connectivity index (χ2n) is 10.4. The molecule has 1 saturated heterocycles. The molecule has 9 heteroatoms. The summed E-state index contributed by atoms with van der Waals surface area (Å²) in [6.45, 7) is 4.66. The number of fused-ring (bicyclic) bond motifs is 2. The van der Waals surface area contributed by atoms with Crippen molar-refractivity contribution in [1.29, 1.82) is 0 Å². The molecule has 1 spiro atoms. The van der Waals surface area contributed by atoms with E-state index in [9.17, 15) is 9.59 Å². The van der Waals surface area contributed by atoms with Crippen LogP contribution in [0.4, 0.5) is 10.1 Å². The van der Waals surface area contributed by atoms with Crippen LogP contribution in [0.15, 0.2) is 53.0 Å². The summed E-state index contributed by atoms with van der Waals surface area (Å²) in [5.74, 6) is -0.791. The van der Waals surface area contributed by atoms with Gasteiger partial charge in [-0.25, -0.2) is 4.39 Å². The zero-order valence-electron chi connectivity index (χ0n) is 23.0. The van der Waals surface area contributed by atoms with Crippen LogP contribution in [0.5, 0.6) is 11.5 Å². The van der Waals surface area contributed by atoms with Gasteiger partial charge in [0, 0.05) is 28.8 Å². The summed E-state index contributed by atoms with van der Waals surface area (Å²) in [6, 6.07) is 13.3. The molecule has 3 aromatic rings. The van der Waals surface area contributed by atoms with Gasteiger partial charge in [0.05, 0.1) is 32.6 Å². The van der Waals surface area contributed by atoms with Gasteiger partial charge in [0.1, 0.15) is 17.4 Å². The third-order valence-electron chi connectivity index (χ3n) is 8.15. The average Bonchev–Trinajstić information content (AvgIpc) is 3.04. The molecule has 2 aliphatic heterocycles. The van der Waals surface area contributed by atoms with E-state index in [1.807, 2.05) is 44.2 Å². The molecule has 0 aromatic heterocycles. The Morgan fingerprint density at radius 2 is 1.93 bits per heavy atom. The van der Waals surface area contributed by atoms with Crippen LogP contribution in [0.2, 0.25) is 0 Å². The molecular formula is C31H34BrFN2O5. The molecule has 0 aliphatic carbocycles. The molecule has 212 valence electrons. The van der Waals surface area contributed by atoms with Gasteiger partial charge in [-0.05, 0) is 53.9 Å². The highest BCUT2D eigenvalue weighted by Crippen LogP contribution is 2.44. The van der Waals surface area contributed by atoms with Crippen LogP contribution in [0.3, 0.4) is 0 Å². The largest absolute Gasteiger partial charge is 0.496 e. The summed E-state index contributed by atoms with van der Waals surface area (Å²) in [7, 11) is 1.58. The van der Waals surface area contributed by atoms with Gasteiger partial charge in [-0.3, -0.25) is 9.59 Å². The van der Waals surface area contributed by atoms with Crippen molar-refractivity contribution in [1.82, 2.24) is 5.32 Å². The third-order valence-corrected chi connectivity index (χ3v) is 8.64. The number of rotatable bonds is 7. The number of nitrogens with one attached hydrogen (secondary N) is 1. The molecule has 0 radical (unpaired) electrons. The van der Waals surface area contributed by atoms with E-state index in [4.69, 9.17) is 14.2 Å². The number of anilines is 1. The van der Waals surface area contributed by atoms with Crippen LogP contribution in [0.25, 0.3) is 10.8 Å². The van der Waals surface area contributed by atoms with Crippen LogP contribution < -0.4 is 19.7 Å². The molecule has 0 unspecified atom stereocenters. The van der Waals surface area contributed by atoms with Crippen LogP contribution in [0.1, 0.15) is 45.1 Å². The van der Waals surface area contributed by atoms with Gasteiger partial charge in [0.25, 0.3) is 5.91 Å². The standard InChI is InChI=1S/C31H34BrFN2O5/c1-4-19(5-2)29(36)34-28-30(37)35(18-23-22-11-10-21(32)17-20(22)9-12-26(23)38-3)25-8-6-7-24(33)27(25)40-31(28)13-15-39-16-14-31/h6-12,17,19,28H,4-5,13-16,18H2,1-3H3,(H,34,36)/t28-/m1/s1. The predicted molar refractivity (Wildman–Crippen MR) is 155 cm³/mol. The topological polar surface area (TPSA) is 77.1 Å². The number of carbonyl (C=O) groups is 2. The van der Waals surface area contributed by atoms with Gasteiger partial charge >= 0.3 is 0 Å². The van der Waals surface area contributed by atoms with Crippen LogP contribution >= 0.6 is 15.9 Å². The number of ether oxygens (including phenoxy) is 3. The molecule has 1 atom stereocenters. The van der Waals surface area contributed by atoms with E-state index in [-0.39, 0.29) is 30.0 Å². The molecule has 0 bridgehead atoms. The number of carbonyl (C=O) groups excluding carboxylic acids is 2. The molecule has 2 aliphatic rings. The van der Waals surface area contributed by atoms with E-state index in [1.54, 1.807) is 19.2 Å². The molecule has 1 fully saturated rings. The molecule has 0 saturated carbocycles. The Hall–Kier alpha value is -3.17. The number of hydrogen-bond acceptors (Lipinski definition) is 5. The van der Waals surface area contributed by atoms with E-state index in [0.29, 0.717) is 50.3 Å². The summed E-state index contributed by atoms with van der Waals surface area (Å²) < 4.78 is 34.3. The highest BCUT2D eigenvalue weighted by atomic mass is 79.9. The highest BCUT2D eigenvalue weighted by Gasteiger charge is 2.52. The van der Waals surface area contributed by atoms with E-state index in [2.05, 4.69) is 21.2 Å². The van der Waals surface area contributed by atoms with Gasteiger partial charge < -0.3 is 24.4 Å². The average molecular weight is 614 g/mol. The lowest BCUT2D eigenvalue weighted by Gasteiger charge is -2.41. The van der Waals surface area contributed by atoms with Gasteiger partial charge in [-0.15, -0.1) is 0 Å². The number of amides is 2. The highest BCUT2D eigenvalue weighted by molar-refractivity contribution is 9.10. The number of nitrogens with zero attached hydrogens (tertiary/aromatic N) is 1. The summed E-state index contributed by atoms with van der Waals surface area (Å²) in [4.78, 5) is 29.6. The van der Waals surface area contributed by atoms with Crippen molar-refractivity contribution < 1.29 is 28.2 Å². The zero-order chi connectivity index (χ0) is 28.4. The quantitative estimate of drug-likeness (QED) is 0.346. The number of hydrogen-bond donors (Lipinski definition) is 1. The van der Waals surface area contributed by atoms with Crippen LogP contribution in [0, 0.1) is 11.7 Å². The maximum absolute atomic E-state index is 15.5. The summed E-state index contributed by atoms with van der Waals surface area (Å²) in [5, 5.41) is 4.90. The van der Waals surface area contributed by atoms with E-state index in [0.717, 1.165) is 20.8 Å². The first-order valence-electron chi connectivity index (χ1n) is 13.7. The second-order valence-corrected chi connectivity index (χ2v) is 11.3. The zero-order valence-corrected chi connectivity index (χ0v) is 24.6. The smallest absolute Gasteiger partial charge is 0.254 e. The lowest BCUT2D eigenvalue weighted by molar-refractivity contribution is -0.139. The minimum Gasteiger partial charge on any atom is -0.496 e. The number of para-hydroxylation sites is 1. The van der Waals surface area contributed by atoms with E-state index >= 15 is 4.39 Å². The SMILES string of the molecule is CCC(CC)C(=O)N[C@@H]1C(=O)N(Cc2c(OC)ccc3cc(Br)ccc23)c2cccc(F)c2OC12CCOCC2. The van der Waals surface area contributed by atoms with E-state index < -0.39 is 17.5 Å². The Labute approximate surface area is 242 Å². The minimum absolute atomic E-state index is 0.000944. The Kier molecular flexibility index (Phi) is 8.33. The van der Waals surface area contributed by atoms with Gasteiger partial charge in [0.15, 0.2) is 11.6 Å². The molecular weight excluding hydrogens is 579 g/mol. The molecule has 1 N–H and O–H groups in total. The van der Waals surface area contributed by atoms with Gasteiger partial charge in [-0.1, -0.05) is 48.0 Å². The molecule has 2 amide bonds. The Morgan fingerprint density at radius 3 is 2.62 bits per heavy atom. The third kappa shape index (κ3) is 5.17. The molecule has 2 heterocycles. The normalized spacial score (nSPS) is 18.4. The van der Waals surface area contributed by atoms with Crippen LogP contribution in [-0.4, -0.2) is 43.8 Å². The van der Waals surface area contributed by atoms with Crippen molar-refractivity contribution in [2.24, 2.45) is 5.92 Å². The summed E-state index contributed by atoms with van der Waals surface area (Å²) in [6.07, 6.45) is 1.95. The fraction of sp³-hybridized carbons (Fsp3) is 0.419. The first-order chi connectivity index (χ1) is 19.3. The second kappa shape index (κ2) is 11.7. The number of methoxy groups -OCH3 is 1. The predicted octanol–water partition coefficient (Wildman–Crippen LogP) is 6.15. The van der Waals surface area contributed by atoms with Crippen molar-refractivity contribution >= 4 is 44.2 Å². The first kappa shape index (κ1) is 28.4. The monoisotopic (exact) mass is 612 g/mol. The van der Waals surface area contributed by atoms with Crippen molar-refractivity contribution in [3.05, 3.63) is 64.4 Å². The van der Waals surface area contributed by atoms with Crippen molar-refractivity contribution in [2.75, 3.05) is 25.2 Å². The van der Waals surface area contributed by atoms with Crippen molar-refractivity contribution in [3.63, 3.8) is 0 Å². The molecule has 40 heavy (non-hydrogen) atoms. The minimum atomic E-state index is -1.16. The fourth-order valence-electron chi connectivity index (χ4n) is 5.81. The fourth-order valence-corrected chi connectivity index (χ4v) is 6.19. The lowest BCUT2D eigenvalue weighted by Crippen LogP contribution is -2.64. The summed E-state index contributed by atoms with van der Waals surface area (Å²) in [5.41, 5.74) is -0.0773. The Balaban J connectivity index is 1.67. The molecule has 7 nitrogen and oxygen atoms in total. The van der Waals surface area contributed by atoms with Gasteiger partial charge in [0.2, 0.25) is 5.91 Å². The maximum Gasteiger partial charge on any atom is 0.254 e. The summed E-state index contributed by atoms with van der Waals surface area (Å²) >= 11 is 3.53. The first-order valence-corrected chi connectivity index (χ1v) is 14.5. The number of benzene rings is 3. The molecule has 5 rings (SSSR count). The Bertz CT molecular complexity index is 1420. The molecule has 3 aromatic carbocycles. The Morgan fingerprint density at radius 1 is 1.18 bits per heavy atom. The van der Waals surface area contributed by atoms with Crippen molar-refractivity contribution in [3.8, 4) is 11.5 Å².